The molecule has 0 saturated carbocycles. The molecular formula is C13H16N2O4. The Bertz CT molecular complexity index is 475. The Labute approximate surface area is 111 Å². The normalized spacial score (nSPS) is 14.4. The molecule has 1 heterocycles. The zero-order valence-corrected chi connectivity index (χ0v) is 10.7. The topological polar surface area (TPSA) is 67.9 Å². The Balaban J connectivity index is 1.89. The van der Waals surface area contributed by atoms with E-state index in [-0.39, 0.29) is 19.1 Å². The van der Waals surface area contributed by atoms with E-state index in [1.165, 1.54) is 0 Å². The van der Waals surface area contributed by atoms with Crippen LogP contribution in [0.2, 0.25) is 0 Å². The number of rotatable bonds is 5. The Hall–Kier alpha value is -2.08. The van der Waals surface area contributed by atoms with Crippen LogP contribution in [0.3, 0.4) is 0 Å². The van der Waals surface area contributed by atoms with Gasteiger partial charge < -0.3 is 14.8 Å². The van der Waals surface area contributed by atoms with Gasteiger partial charge in [-0.05, 0) is 24.7 Å². The molecule has 0 radical (unpaired) electrons. The minimum absolute atomic E-state index is 0.169. The van der Waals surface area contributed by atoms with E-state index in [1.807, 2.05) is 25.2 Å². The molecule has 2 rings (SSSR count). The number of hydrogen-bond donors (Lipinski definition) is 1. The lowest BCUT2D eigenvalue weighted by Crippen LogP contribution is -2.35. The largest absolute Gasteiger partial charge is 0.484 e. The van der Waals surface area contributed by atoms with Crippen LogP contribution in [-0.4, -0.2) is 43.7 Å². The van der Waals surface area contributed by atoms with Gasteiger partial charge in [0.15, 0.2) is 6.61 Å². The van der Waals surface area contributed by atoms with E-state index < -0.39 is 6.09 Å². The summed E-state index contributed by atoms with van der Waals surface area (Å²) in [6.07, 6.45) is -0.600. The summed E-state index contributed by atoms with van der Waals surface area (Å²) in [5.41, 5.74) is 1.06. The summed E-state index contributed by atoms with van der Waals surface area (Å²) in [6, 6.07) is 7.44. The van der Waals surface area contributed by atoms with Crippen LogP contribution in [0.5, 0.6) is 5.75 Å². The highest BCUT2D eigenvalue weighted by Crippen LogP contribution is 2.13. The second-order valence-corrected chi connectivity index (χ2v) is 4.13. The van der Waals surface area contributed by atoms with Crippen molar-refractivity contribution < 1.29 is 19.1 Å². The molecule has 0 bridgehead atoms. The lowest BCUT2D eigenvalue weighted by atomic mass is 10.2. The number of carbonyl (C=O) groups is 2. The van der Waals surface area contributed by atoms with Crippen LogP contribution in [0.1, 0.15) is 5.56 Å². The van der Waals surface area contributed by atoms with Gasteiger partial charge in [-0.3, -0.25) is 4.79 Å². The molecule has 6 heteroatoms. The molecule has 2 amide bonds. The van der Waals surface area contributed by atoms with E-state index in [0.717, 1.165) is 17.0 Å². The summed E-state index contributed by atoms with van der Waals surface area (Å²) in [5, 5.41) is 3.03. The lowest BCUT2D eigenvalue weighted by Gasteiger charge is -2.12. The van der Waals surface area contributed by atoms with Crippen LogP contribution in [-0.2, 0) is 16.1 Å². The van der Waals surface area contributed by atoms with Crippen LogP contribution < -0.4 is 10.1 Å². The molecule has 1 N–H and O–H groups in total. The SMILES string of the molecule is CNCc1cccc(OCC(=O)N2CCOC2=O)c1. The minimum Gasteiger partial charge on any atom is -0.484 e. The molecule has 19 heavy (non-hydrogen) atoms. The number of hydrogen-bond acceptors (Lipinski definition) is 5. The summed E-state index contributed by atoms with van der Waals surface area (Å²) in [5.74, 6) is 0.218. The zero-order chi connectivity index (χ0) is 13.7. The third-order valence-corrected chi connectivity index (χ3v) is 2.70. The van der Waals surface area contributed by atoms with Crippen LogP contribution in [0, 0.1) is 0 Å². The highest BCUT2D eigenvalue weighted by molar-refractivity contribution is 5.93. The van der Waals surface area contributed by atoms with Crippen LogP contribution in [0.25, 0.3) is 0 Å². The van der Waals surface area contributed by atoms with E-state index >= 15 is 0 Å². The molecule has 1 aliphatic heterocycles. The van der Waals surface area contributed by atoms with Gasteiger partial charge in [-0.15, -0.1) is 0 Å². The number of amides is 2. The first-order chi connectivity index (χ1) is 9.20. The van der Waals surface area contributed by atoms with E-state index in [0.29, 0.717) is 12.3 Å². The lowest BCUT2D eigenvalue weighted by molar-refractivity contribution is -0.129. The number of nitrogens with one attached hydrogen (secondary N) is 1. The van der Waals surface area contributed by atoms with Gasteiger partial charge in [-0.1, -0.05) is 12.1 Å². The van der Waals surface area contributed by atoms with Crippen molar-refractivity contribution in [2.75, 3.05) is 26.8 Å². The quantitative estimate of drug-likeness (QED) is 0.850. The summed E-state index contributed by atoms with van der Waals surface area (Å²) >= 11 is 0. The average Bonchev–Trinajstić information content (AvgIpc) is 2.83. The molecule has 0 spiro atoms. The van der Waals surface area contributed by atoms with E-state index in [4.69, 9.17) is 9.47 Å². The van der Waals surface area contributed by atoms with Crippen LogP contribution in [0.4, 0.5) is 4.79 Å². The zero-order valence-electron chi connectivity index (χ0n) is 10.7. The fourth-order valence-electron chi connectivity index (χ4n) is 1.79. The van der Waals surface area contributed by atoms with Crippen molar-refractivity contribution in [2.24, 2.45) is 0 Å². The monoisotopic (exact) mass is 264 g/mol. The Kier molecular flexibility index (Phi) is 4.35. The van der Waals surface area contributed by atoms with Gasteiger partial charge in [0.05, 0.1) is 6.54 Å². The third-order valence-electron chi connectivity index (χ3n) is 2.70. The average molecular weight is 264 g/mol. The Morgan fingerprint density at radius 3 is 3.05 bits per heavy atom. The van der Waals surface area contributed by atoms with Gasteiger partial charge in [0, 0.05) is 6.54 Å². The Morgan fingerprint density at radius 2 is 2.37 bits per heavy atom. The maximum Gasteiger partial charge on any atom is 0.416 e. The van der Waals surface area contributed by atoms with Crippen molar-refractivity contribution in [3.8, 4) is 5.75 Å². The maximum absolute atomic E-state index is 11.7. The third kappa shape index (κ3) is 3.45. The Morgan fingerprint density at radius 1 is 1.53 bits per heavy atom. The molecular weight excluding hydrogens is 248 g/mol. The highest BCUT2D eigenvalue weighted by atomic mass is 16.6. The van der Waals surface area contributed by atoms with Crippen molar-refractivity contribution in [3.63, 3.8) is 0 Å². The molecule has 6 nitrogen and oxygen atoms in total. The maximum atomic E-state index is 11.7. The smallest absolute Gasteiger partial charge is 0.416 e. The minimum atomic E-state index is -0.600. The fourth-order valence-corrected chi connectivity index (χ4v) is 1.79. The van der Waals surface area contributed by atoms with E-state index in [9.17, 15) is 9.59 Å². The summed E-state index contributed by atoms with van der Waals surface area (Å²) in [7, 11) is 1.86. The molecule has 0 aromatic heterocycles. The van der Waals surface area contributed by atoms with Gasteiger partial charge >= 0.3 is 6.09 Å². The van der Waals surface area contributed by atoms with E-state index in [1.54, 1.807) is 6.07 Å². The highest BCUT2D eigenvalue weighted by Gasteiger charge is 2.28. The number of benzene rings is 1. The van der Waals surface area contributed by atoms with E-state index in [2.05, 4.69) is 5.32 Å². The van der Waals surface area contributed by atoms with Crippen molar-refractivity contribution in [2.45, 2.75) is 6.54 Å². The van der Waals surface area contributed by atoms with Gasteiger partial charge in [0.2, 0.25) is 0 Å². The second-order valence-electron chi connectivity index (χ2n) is 4.13. The van der Waals surface area contributed by atoms with Crippen molar-refractivity contribution in [3.05, 3.63) is 29.8 Å². The fraction of sp³-hybridized carbons (Fsp3) is 0.385. The first-order valence-electron chi connectivity index (χ1n) is 6.04. The molecule has 1 fully saturated rings. The molecule has 1 aliphatic rings. The van der Waals surface area contributed by atoms with Crippen molar-refractivity contribution in [1.82, 2.24) is 10.2 Å². The van der Waals surface area contributed by atoms with Gasteiger partial charge in [-0.25, -0.2) is 9.69 Å². The number of cyclic esters (lactones) is 1. The number of imide groups is 1. The second kappa shape index (κ2) is 6.19. The molecule has 0 unspecified atom stereocenters. The van der Waals surface area contributed by atoms with Gasteiger partial charge in [0.1, 0.15) is 12.4 Å². The van der Waals surface area contributed by atoms with Gasteiger partial charge in [-0.2, -0.15) is 0 Å². The molecule has 1 saturated heterocycles. The van der Waals surface area contributed by atoms with Crippen molar-refractivity contribution in [1.29, 1.82) is 0 Å². The number of carbonyl (C=O) groups excluding carboxylic acids is 2. The first kappa shape index (κ1) is 13.4. The summed E-state index contributed by atoms with van der Waals surface area (Å²) in [6.45, 7) is 1.10. The van der Waals surface area contributed by atoms with Crippen LogP contribution >= 0.6 is 0 Å². The standard InChI is InChI=1S/C13H16N2O4/c1-14-8-10-3-2-4-11(7-10)19-9-12(16)15-5-6-18-13(15)17/h2-4,7,14H,5-6,8-9H2,1H3. The number of ether oxygens (including phenoxy) is 2. The van der Waals surface area contributed by atoms with Crippen LogP contribution in [0.15, 0.2) is 24.3 Å². The molecule has 1 aromatic carbocycles. The molecule has 102 valence electrons. The molecule has 0 aliphatic carbocycles. The predicted octanol–water partition coefficient (Wildman–Crippen LogP) is 0.764. The first-order valence-corrected chi connectivity index (χ1v) is 6.04. The molecule has 0 atom stereocenters. The predicted molar refractivity (Wildman–Crippen MR) is 67.8 cm³/mol. The van der Waals surface area contributed by atoms with Crippen molar-refractivity contribution >= 4 is 12.0 Å². The van der Waals surface area contributed by atoms with Gasteiger partial charge in [0.25, 0.3) is 5.91 Å². The summed E-state index contributed by atoms with van der Waals surface area (Å²) in [4.78, 5) is 24.0. The number of nitrogens with zero attached hydrogens (tertiary/aromatic N) is 1. The summed E-state index contributed by atoms with van der Waals surface area (Å²) < 4.78 is 10.1. The molecule has 1 aromatic rings.